The van der Waals surface area contributed by atoms with Gasteiger partial charge < -0.3 is 25.3 Å². The molecule has 0 saturated carbocycles. The van der Waals surface area contributed by atoms with Crippen LogP contribution in [0.4, 0.5) is 19.0 Å². The highest BCUT2D eigenvalue weighted by Crippen LogP contribution is 2.35. The summed E-state index contributed by atoms with van der Waals surface area (Å²) in [6.07, 6.45) is -2.50. The number of alkyl halides is 3. The van der Waals surface area contributed by atoms with Gasteiger partial charge in [-0.05, 0) is 65.6 Å². The highest BCUT2D eigenvalue weighted by molar-refractivity contribution is 5.82. The van der Waals surface area contributed by atoms with E-state index in [1.54, 1.807) is 13.3 Å². The lowest BCUT2D eigenvalue weighted by molar-refractivity contribution is -0.192. The zero-order valence-electron chi connectivity index (χ0n) is 18.5. The van der Waals surface area contributed by atoms with Crippen molar-refractivity contribution in [3.8, 4) is 22.6 Å². The molecule has 11 heteroatoms. The topological polar surface area (TPSA) is 123 Å². The van der Waals surface area contributed by atoms with E-state index in [1.807, 2.05) is 36.4 Å². The molecule has 4 N–H and O–H groups in total. The van der Waals surface area contributed by atoms with Gasteiger partial charge in [0.2, 0.25) is 0 Å². The van der Waals surface area contributed by atoms with E-state index in [0.717, 1.165) is 51.5 Å². The van der Waals surface area contributed by atoms with Gasteiger partial charge in [-0.2, -0.15) is 13.2 Å². The van der Waals surface area contributed by atoms with Crippen LogP contribution < -0.4 is 15.2 Å². The van der Waals surface area contributed by atoms with Crippen LogP contribution in [0, 0.1) is 0 Å². The monoisotopic (exact) mass is 486 g/mol. The average molecular weight is 486 g/mol. The van der Waals surface area contributed by atoms with Gasteiger partial charge in [-0.1, -0.05) is 6.07 Å². The summed E-state index contributed by atoms with van der Waals surface area (Å²) in [5.74, 6) is 0.630. The normalized spacial score (nSPS) is 14.9. The minimum atomic E-state index is -5.08. The van der Waals surface area contributed by atoms with Gasteiger partial charge in [0.05, 0.1) is 30.7 Å². The van der Waals surface area contributed by atoms with E-state index in [2.05, 4.69) is 22.1 Å². The molecule has 1 aliphatic rings. The number of hydrogen-bond acceptors (Lipinski definition) is 6. The van der Waals surface area contributed by atoms with Crippen molar-refractivity contribution in [3.63, 3.8) is 0 Å². The number of pyridine rings is 1. The second kappa shape index (κ2) is 9.53. The lowest BCUT2D eigenvalue weighted by Gasteiger charge is -2.24. The lowest BCUT2D eigenvalue weighted by Crippen LogP contribution is -2.21. The Kier molecular flexibility index (Phi) is 6.50. The molecule has 1 unspecified atom stereocenters. The van der Waals surface area contributed by atoms with Gasteiger partial charge in [0, 0.05) is 6.20 Å². The molecule has 2 aromatic carbocycles. The number of hydrogen-bond donors (Lipinski definition) is 3. The lowest BCUT2D eigenvalue weighted by atomic mass is 9.96. The molecule has 0 saturated heterocycles. The van der Waals surface area contributed by atoms with Crippen LogP contribution in [0.25, 0.3) is 22.2 Å². The fourth-order valence-corrected chi connectivity index (χ4v) is 3.70. The number of halogens is 3. The standard InChI is InChI=1S/C22H20N4O2.C2HF3O2/c1-27-17-3-5-20-15(9-17)8-16(12-28-20)22-25-18-4-2-13(10-19(18)26-22)14-6-7-24-21(23)11-14;3-2(4,5)1(6)7/h2-7,9-11,16H,8,12H2,1H3,(H2,23,24)(H,25,26);(H,6,7). The third kappa shape index (κ3) is 5.45. The third-order valence-corrected chi connectivity index (χ3v) is 5.42. The summed E-state index contributed by atoms with van der Waals surface area (Å²) in [5.41, 5.74) is 11.0. The van der Waals surface area contributed by atoms with Crippen LogP contribution in [0.15, 0.2) is 54.7 Å². The fraction of sp³-hybridized carbons (Fsp3) is 0.208. The van der Waals surface area contributed by atoms with Gasteiger partial charge in [-0.15, -0.1) is 0 Å². The molecule has 5 rings (SSSR count). The smallest absolute Gasteiger partial charge is 0.490 e. The molecule has 0 amide bonds. The summed E-state index contributed by atoms with van der Waals surface area (Å²) < 4.78 is 43.0. The number of aliphatic carboxylic acids is 1. The van der Waals surface area contributed by atoms with Crippen molar-refractivity contribution in [2.24, 2.45) is 0 Å². The molecule has 1 aliphatic heterocycles. The number of methoxy groups -OCH3 is 1. The number of nitrogens with one attached hydrogen (secondary N) is 1. The number of carboxylic acid groups (broad SMARTS) is 1. The van der Waals surface area contributed by atoms with Crippen LogP contribution in [-0.2, 0) is 11.2 Å². The SMILES string of the molecule is COc1ccc2c(c1)CC(c1nc3ccc(-c4ccnc(N)c4)cc3[nH]1)CO2.O=C(O)C(F)(F)F. The Morgan fingerprint density at radius 2 is 1.91 bits per heavy atom. The Labute approximate surface area is 197 Å². The number of rotatable bonds is 3. The maximum Gasteiger partial charge on any atom is 0.490 e. The predicted molar refractivity (Wildman–Crippen MR) is 122 cm³/mol. The van der Waals surface area contributed by atoms with Crippen molar-refractivity contribution in [1.82, 2.24) is 15.0 Å². The average Bonchev–Trinajstić information content (AvgIpc) is 3.26. The van der Waals surface area contributed by atoms with Crippen LogP contribution in [0.2, 0.25) is 0 Å². The second-order valence-corrected chi connectivity index (χ2v) is 7.81. The molecule has 0 bridgehead atoms. The number of aromatic amines is 1. The summed E-state index contributed by atoms with van der Waals surface area (Å²) in [6.45, 7) is 0.604. The summed E-state index contributed by atoms with van der Waals surface area (Å²) in [5, 5.41) is 7.12. The highest BCUT2D eigenvalue weighted by Gasteiger charge is 2.38. The number of nitrogens with zero attached hydrogens (tertiary/aromatic N) is 2. The van der Waals surface area contributed by atoms with E-state index in [4.69, 9.17) is 30.1 Å². The number of nitrogens with two attached hydrogens (primary N) is 1. The van der Waals surface area contributed by atoms with E-state index in [-0.39, 0.29) is 5.92 Å². The second-order valence-electron chi connectivity index (χ2n) is 7.81. The first kappa shape index (κ1) is 23.9. The largest absolute Gasteiger partial charge is 0.497 e. The van der Waals surface area contributed by atoms with Gasteiger partial charge in [-0.25, -0.2) is 14.8 Å². The summed E-state index contributed by atoms with van der Waals surface area (Å²) in [6, 6.07) is 15.9. The Balaban J connectivity index is 0.000000364. The fourth-order valence-electron chi connectivity index (χ4n) is 3.70. The summed E-state index contributed by atoms with van der Waals surface area (Å²) in [7, 11) is 1.68. The van der Waals surface area contributed by atoms with E-state index < -0.39 is 12.1 Å². The van der Waals surface area contributed by atoms with E-state index in [0.29, 0.717) is 12.4 Å². The molecular formula is C24H21F3N4O4. The van der Waals surface area contributed by atoms with Crippen LogP contribution in [0.3, 0.4) is 0 Å². The molecule has 3 heterocycles. The Morgan fingerprint density at radius 3 is 2.60 bits per heavy atom. The first-order valence-corrected chi connectivity index (χ1v) is 10.5. The van der Waals surface area contributed by atoms with Crippen molar-refractivity contribution in [2.45, 2.75) is 18.5 Å². The third-order valence-electron chi connectivity index (χ3n) is 5.42. The zero-order chi connectivity index (χ0) is 25.2. The van der Waals surface area contributed by atoms with Crippen molar-refractivity contribution in [3.05, 3.63) is 66.1 Å². The molecule has 182 valence electrons. The Morgan fingerprint density at radius 1 is 1.17 bits per heavy atom. The number of benzene rings is 2. The molecule has 2 aromatic heterocycles. The number of ether oxygens (including phenoxy) is 2. The van der Waals surface area contributed by atoms with Crippen LogP contribution in [-0.4, -0.2) is 45.9 Å². The zero-order valence-corrected chi connectivity index (χ0v) is 18.5. The van der Waals surface area contributed by atoms with E-state index >= 15 is 0 Å². The Bertz CT molecular complexity index is 1370. The molecule has 0 aliphatic carbocycles. The minimum Gasteiger partial charge on any atom is -0.497 e. The number of anilines is 1. The molecule has 0 spiro atoms. The first-order valence-electron chi connectivity index (χ1n) is 10.5. The van der Waals surface area contributed by atoms with Crippen molar-refractivity contribution < 1.29 is 32.5 Å². The summed E-state index contributed by atoms with van der Waals surface area (Å²) in [4.78, 5) is 21.2. The van der Waals surface area contributed by atoms with E-state index in [9.17, 15) is 13.2 Å². The van der Waals surface area contributed by atoms with Gasteiger partial charge in [0.1, 0.15) is 23.1 Å². The van der Waals surface area contributed by atoms with Gasteiger partial charge >= 0.3 is 12.1 Å². The molecule has 1 atom stereocenters. The van der Waals surface area contributed by atoms with E-state index in [1.165, 1.54) is 0 Å². The molecule has 0 radical (unpaired) electrons. The molecule has 4 aromatic rings. The molecule has 0 fully saturated rings. The molecule has 35 heavy (non-hydrogen) atoms. The van der Waals surface area contributed by atoms with Crippen LogP contribution in [0.1, 0.15) is 17.3 Å². The number of aromatic nitrogens is 3. The number of carboxylic acids is 1. The highest BCUT2D eigenvalue weighted by atomic mass is 19.4. The van der Waals surface area contributed by atoms with Crippen LogP contribution >= 0.6 is 0 Å². The number of carbonyl (C=O) groups is 1. The Hall–Kier alpha value is -4.28. The molecular weight excluding hydrogens is 465 g/mol. The van der Waals surface area contributed by atoms with Gasteiger partial charge in [-0.3, -0.25) is 0 Å². The van der Waals surface area contributed by atoms with Gasteiger partial charge in [0.15, 0.2) is 0 Å². The van der Waals surface area contributed by atoms with Crippen molar-refractivity contribution in [2.75, 3.05) is 19.5 Å². The maximum absolute atomic E-state index is 10.6. The predicted octanol–water partition coefficient (Wildman–Crippen LogP) is 4.57. The maximum atomic E-state index is 10.6. The minimum absolute atomic E-state index is 0.173. The number of H-pyrrole nitrogens is 1. The van der Waals surface area contributed by atoms with Crippen molar-refractivity contribution >= 4 is 22.8 Å². The number of imidazole rings is 1. The van der Waals surface area contributed by atoms with Gasteiger partial charge in [0.25, 0.3) is 0 Å². The summed E-state index contributed by atoms with van der Waals surface area (Å²) >= 11 is 0. The number of nitrogen functional groups attached to an aromatic ring is 1. The quantitative estimate of drug-likeness (QED) is 0.388. The van der Waals surface area contributed by atoms with Crippen LogP contribution in [0.5, 0.6) is 11.5 Å². The molecule has 8 nitrogen and oxygen atoms in total. The first-order chi connectivity index (χ1) is 16.6. The number of fused-ring (bicyclic) bond motifs is 2. The van der Waals surface area contributed by atoms with Crippen molar-refractivity contribution in [1.29, 1.82) is 0 Å².